The van der Waals surface area contributed by atoms with Crippen molar-refractivity contribution in [2.75, 3.05) is 33.4 Å². The summed E-state index contributed by atoms with van der Waals surface area (Å²) < 4.78 is 28.0. The van der Waals surface area contributed by atoms with Crippen molar-refractivity contribution in [1.29, 1.82) is 0 Å². The lowest BCUT2D eigenvalue weighted by Gasteiger charge is -2.18. The third-order valence-corrected chi connectivity index (χ3v) is 3.72. The third-order valence-electron chi connectivity index (χ3n) is 2.40. The van der Waals surface area contributed by atoms with Gasteiger partial charge in [-0.05, 0) is 0 Å². The third kappa shape index (κ3) is 5.22. The average Bonchev–Trinajstić information content (AvgIpc) is 2.80. The predicted molar refractivity (Wildman–Crippen MR) is 66.6 cm³/mol. The highest BCUT2D eigenvalue weighted by atomic mass is 32.2. The Hall–Kier alpha value is -1.68. The van der Waals surface area contributed by atoms with Crippen molar-refractivity contribution in [3.8, 4) is 0 Å². The molecule has 0 fully saturated rings. The highest BCUT2D eigenvalue weighted by Gasteiger charge is 2.13. The van der Waals surface area contributed by atoms with Gasteiger partial charge in [-0.3, -0.25) is 0 Å². The Bertz CT molecular complexity index is 501. The van der Waals surface area contributed by atoms with E-state index in [0.29, 0.717) is 5.82 Å². The molecule has 0 aromatic carbocycles. The van der Waals surface area contributed by atoms with Crippen molar-refractivity contribution >= 4 is 16.1 Å². The lowest BCUT2D eigenvalue weighted by atomic mass is 10.5. The van der Waals surface area contributed by atoms with Crippen molar-refractivity contribution in [2.45, 2.75) is 6.54 Å². The Labute approximate surface area is 111 Å². The van der Waals surface area contributed by atoms with Crippen LogP contribution in [0.2, 0.25) is 0 Å². The predicted octanol–water partition coefficient (Wildman–Crippen LogP) is -0.898. The molecule has 9 nitrogen and oxygen atoms in total. The van der Waals surface area contributed by atoms with E-state index in [1.54, 1.807) is 7.05 Å². The van der Waals surface area contributed by atoms with Gasteiger partial charge in [-0.2, -0.15) is 4.98 Å². The number of rotatable bonds is 6. The molecule has 1 aromatic rings. The Morgan fingerprint density at radius 1 is 1.47 bits per heavy atom. The van der Waals surface area contributed by atoms with Gasteiger partial charge in [-0.25, -0.2) is 17.5 Å². The SMILES string of the molecule is CN(Cc1ncon1)C(=O)NCCN(C)S(C)(=O)=O. The van der Waals surface area contributed by atoms with E-state index >= 15 is 0 Å². The second kappa shape index (κ2) is 6.48. The van der Waals surface area contributed by atoms with Gasteiger partial charge in [0.25, 0.3) is 0 Å². The number of carbonyl (C=O) groups is 1. The standard InChI is InChI=1S/C9H17N5O4S/c1-13(6-8-11-7-18-12-8)9(15)10-4-5-14(2)19(3,16)17/h7H,4-6H2,1-3H3,(H,10,15). The molecule has 1 rings (SSSR count). The normalized spacial score (nSPS) is 11.6. The zero-order valence-corrected chi connectivity index (χ0v) is 11.8. The molecule has 0 aliphatic rings. The number of nitrogens with one attached hydrogen (secondary N) is 1. The van der Waals surface area contributed by atoms with Crippen molar-refractivity contribution in [3.63, 3.8) is 0 Å². The molecule has 0 saturated carbocycles. The van der Waals surface area contributed by atoms with Gasteiger partial charge in [-0.1, -0.05) is 5.16 Å². The Balaban J connectivity index is 2.31. The van der Waals surface area contributed by atoms with Crippen LogP contribution in [0, 0.1) is 0 Å². The van der Waals surface area contributed by atoms with Gasteiger partial charge in [0.15, 0.2) is 5.82 Å². The average molecular weight is 291 g/mol. The van der Waals surface area contributed by atoms with Crippen LogP contribution in [-0.4, -0.2) is 67.2 Å². The monoisotopic (exact) mass is 291 g/mol. The maximum absolute atomic E-state index is 11.7. The van der Waals surface area contributed by atoms with E-state index in [9.17, 15) is 13.2 Å². The summed E-state index contributed by atoms with van der Waals surface area (Å²) in [7, 11) is -0.202. The lowest BCUT2D eigenvalue weighted by molar-refractivity contribution is 0.204. The molecule has 1 N–H and O–H groups in total. The minimum absolute atomic E-state index is 0.209. The van der Waals surface area contributed by atoms with Crippen molar-refractivity contribution < 1.29 is 17.7 Å². The second-order valence-electron chi connectivity index (χ2n) is 4.02. The molecule has 0 bridgehead atoms. The van der Waals surface area contributed by atoms with Crippen LogP contribution >= 0.6 is 0 Å². The van der Waals surface area contributed by atoms with Gasteiger partial charge in [0.05, 0.1) is 12.8 Å². The summed E-state index contributed by atoms with van der Waals surface area (Å²) in [6.45, 7) is 0.643. The molecule has 2 amide bonds. The molecule has 0 atom stereocenters. The number of hydrogen-bond acceptors (Lipinski definition) is 6. The first-order valence-corrected chi connectivity index (χ1v) is 7.31. The van der Waals surface area contributed by atoms with Crippen LogP contribution in [0.15, 0.2) is 10.9 Å². The molecular weight excluding hydrogens is 274 g/mol. The van der Waals surface area contributed by atoms with Crippen LogP contribution in [0.1, 0.15) is 5.82 Å². The number of likely N-dealkylation sites (N-methyl/N-ethyl adjacent to an activating group) is 1. The lowest BCUT2D eigenvalue weighted by Crippen LogP contribution is -2.41. The molecule has 1 aromatic heterocycles. The Morgan fingerprint density at radius 3 is 2.68 bits per heavy atom. The van der Waals surface area contributed by atoms with Crippen LogP contribution in [0.3, 0.4) is 0 Å². The highest BCUT2D eigenvalue weighted by Crippen LogP contribution is 1.96. The highest BCUT2D eigenvalue weighted by molar-refractivity contribution is 7.88. The maximum atomic E-state index is 11.7. The molecule has 0 saturated heterocycles. The van der Waals surface area contributed by atoms with E-state index in [2.05, 4.69) is 20.0 Å². The van der Waals surface area contributed by atoms with E-state index in [0.717, 1.165) is 10.6 Å². The van der Waals surface area contributed by atoms with Crippen LogP contribution in [0.25, 0.3) is 0 Å². The number of urea groups is 1. The smallest absolute Gasteiger partial charge is 0.317 e. The first-order chi connectivity index (χ1) is 8.80. The fraction of sp³-hybridized carbons (Fsp3) is 0.667. The van der Waals surface area contributed by atoms with Crippen LogP contribution < -0.4 is 5.32 Å². The fourth-order valence-electron chi connectivity index (χ4n) is 1.17. The summed E-state index contributed by atoms with van der Waals surface area (Å²) in [5.74, 6) is 0.394. The van der Waals surface area contributed by atoms with Gasteiger partial charge in [-0.15, -0.1) is 0 Å². The zero-order valence-electron chi connectivity index (χ0n) is 11.0. The molecule has 19 heavy (non-hydrogen) atoms. The summed E-state index contributed by atoms with van der Waals surface area (Å²) in [4.78, 5) is 16.8. The minimum atomic E-state index is -3.23. The summed E-state index contributed by atoms with van der Waals surface area (Å²) in [5, 5.41) is 6.18. The topological polar surface area (TPSA) is 109 Å². The molecule has 0 unspecified atom stereocenters. The van der Waals surface area contributed by atoms with E-state index in [1.807, 2.05) is 0 Å². The van der Waals surface area contributed by atoms with Crippen molar-refractivity contribution in [2.24, 2.45) is 0 Å². The number of carbonyl (C=O) groups excluding carboxylic acids is 1. The first kappa shape index (κ1) is 15.4. The van der Waals surface area contributed by atoms with E-state index in [4.69, 9.17) is 0 Å². The summed E-state index contributed by atoms with van der Waals surface area (Å²) in [6, 6.07) is -0.341. The Morgan fingerprint density at radius 2 is 2.16 bits per heavy atom. The van der Waals surface area contributed by atoms with Gasteiger partial charge in [0.1, 0.15) is 0 Å². The second-order valence-corrected chi connectivity index (χ2v) is 6.11. The molecule has 0 aliphatic carbocycles. The summed E-state index contributed by atoms with van der Waals surface area (Å²) in [5.41, 5.74) is 0. The molecule has 0 spiro atoms. The van der Waals surface area contributed by atoms with Crippen molar-refractivity contribution in [1.82, 2.24) is 24.7 Å². The van der Waals surface area contributed by atoms with Crippen LogP contribution in [-0.2, 0) is 16.6 Å². The largest absolute Gasteiger partial charge is 0.343 e. The quantitative estimate of drug-likeness (QED) is 0.727. The minimum Gasteiger partial charge on any atom is -0.343 e. The molecule has 1 heterocycles. The number of aromatic nitrogens is 2. The molecule has 108 valence electrons. The van der Waals surface area contributed by atoms with Gasteiger partial charge in [0.2, 0.25) is 16.4 Å². The summed E-state index contributed by atoms with van der Waals surface area (Å²) >= 11 is 0. The number of amides is 2. The van der Waals surface area contributed by atoms with Gasteiger partial charge in [0, 0.05) is 27.2 Å². The summed E-state index contributed by atoms with van der Waals surface area (Å²) in [6.07, 6.45) is 2.29. The zero-order chi connectivity index (χ0) is 14.5. The van der Waals surface area contributed by atoms with E-state index < -0.39 is 10.0 Å². The molecule has 10 heteroatoms. The number of nitrogens with zero attached hydrogens (tertiary/aromatic N) is 4. The molecular formula is C9H17N5O4S. The molecule has 0 aliphatic heterocycles. The maximum Gasteiger partial charge on any atom is 0.317 e. The van der Waals surface area contributed by atoms with Gasteiger partial charge < -0.3 is 14.7 Å². The van der Waals surface area contributed by atoms with Crippen LogP contribution in [0.5, 0.6) is 0 Å². The van der Waals surface area contributed by atoms with Crippen molar-refractivity contribution in [3.05, 3.63) is 12.2 Å². The first-order valence-electron chi connectivity index (χ1n) is 5.46. The van der Waals surface area contributed by atoms with Gasteiger partial charge >= 0.3 is 6.03 Å². The fourth-order valence-corrected chi connectivity index (χ4v) is 1.59. The molecule has 0 radical (unpaired) electrons. The number of sulfonamides is 1. The van der Waals surface area contributed by atoms with E-state index in [1.165, 1.54) is 18.3 Å². The van der Waals surface area contributed by atoms with E-state index in [-0.39, 0.29) is 25.7 Å². The Kier molecular flexibility index (Phi) is 5.24. The number of hydrogen-bond donors (Lipinski definition) is 1. The van der Waals surface area contributed by atoms with Crippen LogP contribution in [0.4, 0.5) is 4.79 Å².